The second-order valence-electron chi connectivity index (χ2n) is 4.62. The predicted molar refractivity (Wildman–Crippen MR) is 79.4 cm³/mol. The van der Waals surface area contributed by atoms with E-state index in [2.05, 4.69) is 5.32 Å². The third-order valence-corrected chi connectivity index (χ3v) is 4.90. The second-order valence-corrected chi connectivity index (χ2v) is 6.06. The summed E-state index contributed by atoms with van der Waals surface area (Å²) in [5.41, 5.74) is 1.68. The van der Waals surface area contributed by atoms with E-state index in [1.165, 1.54) is 30.8 Å². The number of anilines is 1. The van der Waals surface area contributed by atoms with Crippen LogP contribution in [0.5, 0.6) is 0 Å². The summed E-state index contributed by atoms with van der Waals surface area (Å²) in [5, 5.41) is 3.27. The number of rotatable bonds is 3. The fraction of sp³-hybridized carbons (Fsp3) is 0.286. The number of nitrogens with one attached hydrogen (secondary N) is 1. The molecule has 0 spiro atoms. The van der Waals surface area contributed by atoms with Gasteiger partial charge in [0.15, 0.2) is 0 Å². The number of amides is 1. The number of ether oxygens (including phenoxy) is 1. The number of furan rings is 1. The van der Waals surface area contributed by atoms with Gasteiger partial charge in [-0.2, -0.15) is 0 Å². The minimum Gasteiger partial charge on any atom is -0.465 e. The lowest BCUT2D eigenvalue weighted by Crippen LogP contribution is -2.14. The van der Waals surface area contributed by atoms with Crippen LogP contribution in [0.4, 0.5) is 5.00 Å². The van der Waals surface area contributed by atoms with E-state index >= 15 is 0 Å². The Bertz CT molecular complexity index is 719. The van der Waals surface area contributed by atoms with Gasteiger partial charge in [0.25, 0.3) is 5.91 Å². The van der Waals surface area contributed by atoms with Gasteiger partial charge in [-0.3, -0.25) is 4.79 Å². The number of aryl methyl sites for hydroxylation is 1. The van der Waals surface area contributed by atoms with Crippen LogP contribution >= 0.6 is 22.9 Å². The topological polar surface area (TPSA) is 68.5 Å². The smallest absolute Gasteiger partial charge is 0.341 e. The SMILES string of the molecule is COC(=O)c1c(NC(=O)c2ccoc2Cl)sc2c1CCC2. The van der Waals surface area contributed by atoms with Crippen LogP contribution in [0, 0.1) is 0 Å². The number of halogens is 1. The maximum absolute atomic E-state index is 12.2. The standard InChI is InChI=1S/C14H12ClNO4S/c1-19-14(18)10-7-3-2-4-9(7)21-13(10)16-12(17)8-5-6-20-11(8)15/h5-6H,2-4H2,1H3,(H,16,17). The molecule has 3 rings (SSSR count). The summed E-state index contributed by atoms with van der Waals surface area (Å²) in [4.78, 5) is 25.3. The van der Waals surface area contributed by atoms with Gasteiger partial charge in [0, 0.05) is 4.88 Å². The molecule has 21 heavy (non-hydrogen) atoms. The zero-order valence-electron chi connectivity index (χ0n) is 11.2. The molecule has 0 saturated carbocycles. The quantitative estimate of drug-likeness (QED) is 0.877. The summed E-state index contributed by atoms with van der Waals surface area (Å²) in [6, 6.07) is 1.48. The van der Waals surface area contributed by atoms with Crippen molar-refractivity contribution < 1.29 is 18.7 Å². The maximum atomic E-state index is 12.2. The van der Waals surface area contributed by atoms with Crippen LogP contribution in [0.25, 0.3) is 0 Å². The molecule has 110 valence electrons. The van der Waals surface area contributed by atoms with Crippen LogP contribution in [0.2, 0.25) is 5.22 Å². The summed E-state index contributed by atoms with van der Waals surface area (Å²) in [5.74, 6) is -0.832. The summed E-state index contributed by atoms with van der Waals surface area (Å²) in [6.45, 7) is 0. The number of hydrogen-bond donors (Lipinski definition) is 1. The van der Waals surface area contributed by atoms with Gasteiger partial charge in [-0.25, -0.2) is 4.79 Å². The van der Waals surface area contributed by atoms with Gasteiger partial charge < -0.3 is 14.5 Å². The number of carbonyl (C=O) groups excluding carboxylic acids is 2. The Morgan fingerprint density at radius 2 is 2.24 bits per heavy atom. The molecule has 2 aromatic rings. The number of carbonyl (C=O) groups is 2. The molecule has 0 saturated heterocycles. The number of fused-ring (bicyclic) bond motifs is 1. The second kappa shape index (κ2) is 5.54. The minimum atomic E-state index is -0.428. The Balaban J connectivity index is 1.94. The molecule has 0 aliphatic heterocycles. The number of methoxy groups -OCH3 is 1. The van der Waals surface area contributed by atoms with Gasteiger partial charge in [0.05, 0.1) is 24.5 Å². The van der Waals surface area contributed by atoms with E-state index in [1.807, 2.05) is 0 Å². The average Bonchev–Trinajstić information content (AvgIpc) is 3.13. The minimum absolute atomic E-state index is 0.0243. The molecule has 0 unspecified atom stereocenters. The Kier molecular flexibility index (Phi) is 3.73. The van der Waals surface area contributed by atoms with Crippen LogP contribution in [0.1, 0.15) is 37.6 Å². The maximum Gasteiger partial charge on any atom is 0.341 e. The van der Waals surface area contributed by atoms with Gasteiger partial charge in [-0.05, 0) is 42.5 Å². The summed E-state index contributed by atoms with van der Waals surface area (Å²) in [6.07, 6.45) is 4.12. The van der Waals surface area contributed by atoms with Gasteiger partial charge in [0.2, 0.25) is 5.22 Å². The molecule has 5 nitrogen and oxygen atoms in total. The first kappa shape index (κ1) is 14.2. The molecule has 1 aliphatic carbocycles. The number of esters is 1. The summed E-state index contributed by atoms with van der Waals surface area (Å²) < 4.78 is 9.73. The molecule has 2 aromatic heterocycles. The molecule has 0 atom stereocenters. The molecule has 0 radical (unpaired) electrons. The van der Waals surface area contributed by atoms with Crippen LogP contribution in [-0.4, -0.2) is 19.0 Å². The highest BCUT2D eigenvalue weighted by atomic mass is 35.5. The van der Waals surface area contributed by atoms with Crippen LogP contribution in [-0.2, 0) is 17.6 Å². The Morgan fingerprint density at radius 3 is 2.90 bits per heavy atom. The zero-order chi connectivity index (χ0) is 15.0. The summed E-state index contributed by atoms with van der Waals surface area (Å²) >= 11 is 7.21. The van der Waals surface area contributed by atoms with E-state index in [1.54, 1.807) is 0 Å². The van der Waals surface area contributed by atoms with Crippen molar-refractivity contribution in [3.05, 3.63) is 39.1 Å². The molecule has 1 N–H and O–H groups in total. The lowest BCUT2D eigenvalue weighted by Gasteiger charge is -2.06. The molecular formula is C14H12ClNO4S. The molecule has 1 aliphatic rings. The molecule has 1 amide bonds. The zero-order valence-corrected chi connectivity index (χ0v) is 12.8. The van der Waals surface area contributed by atoms with E-state index in [-0.39, 0.29) is 10.8 Å². The van der Waals surface area contributed by atoms with E-state index in [4.69, 9.17) is 20.8 Å². The number of hydrogen-bond acceptors (Lipinski definition) is 5. The van der Waals surface area contributed by atoms with Gasteiger partial charge in [-0.1, -0.05) is 0 Å². The van der Waals surface area contributed by atoms with E-state index < -0.39 is 11.9 Å². The van der Waals surface area contributed by atoms with E-state index in [0.29, 0.717) is 10.6 Å². The van der Waals surface area contributed by atoms with Crippen molar-refractivity contribution in [1.29, 1.82) is 0 Å². The lowest BCUT2D eigenvalue weighted by molar-refractivity contribution is 0.0601. The predicted octanol–water partition coefficient (Wildman–Crippen LogP) is 3.52. The Morgan fingerprint density at radius 1 is 1.43 bits per heavy atom. The Hall–Kier alpha value is -1.79. The first-order chi connectivity index (χ1) is 10.1. The molecule has 0 aromatic carbocycles. The first-order valence-electron chi connectivity index (χ1n) is 6.39. The van der Waals surface area contributed by atoms with Gasteiger partial charge in [0.1, 0.15) is 5.00 Å². The fourth-order valence-electron chi connectivity index (χ4n) is 2.44. The third kappa shape index (κ3) is 2.45. The molecule has 0 bridgehead atoms. The normalized spacial score (nSPS) is 13.0. The highest BCUT2D eigenvalue weighted by molar-refractivity contribution is 7.17. The van der Waals surface area contributed by atoms with Crippen LogP contribution in [0.15, 0.2) is 16.7 Å². The highest BCUT2D eigenvalue weighted by Gasteiger charge is 2.28. The molecular weight excluding hydrogens is 314 g/mol. The van der Waals surface area contributed by atoms with E-state index in [9.17, 15) is 9.59 Å². The number of thiophene rings is 1. The van der Waals surface area contributed by atoms with Crippen LogP contribution < -0.4 is 5.32 Å². The lowest BCUT2D eigenvalue weighted by atomic mass is 10.1. The first-order valence-corrected chi connectivity index (χ1v) is 7.58. The summed E-state index contributed by atoms with van der Waals surface area (Å²) in [7, 11) is 1.33. The fourth-order valence-corrected chi connectivity index (χ4v) is 3.91. The van der Waals surface area contributed by atoms with Crippen molar-refractivity contribution in [3.63, 3.8) is 0 Å². The molecule has 2 heterocycles. The van der Waals surface area contributed by atoms with Gasteiger partial charge >= 0.3 is 5.97 Å². The monoisotopic (exact) mass is 325 g/mol. The van der Waals surface area contributed by atoms with E-state index in [0.717, 1.165) is 29.7 Å². The van der Waals surface area contributed by atoms with Crippen molar-refractivity contribution in [2.75, 3.05) is 12.4 Å². The van der Waals surface area contributed by atoms with Crippen molar-refractivity contribution in [2.45, 2.75) is 19.3 Å². The van der Waals surface area contributed by atoms with Crippen molar-refractivity contribution in [2.24, 2.45) is 0 Å². The highest BCUT2D eigenvalue weighted by Crippen LogP contribution is 2.39. The molecule has 7 heteroatoms. The Labute approximate surface area is 129 Å². The largest absolute Gasteiger partial charge is 0.465 e. The molecule has 0 fully saturated rings. The van der Waals surface area contributed by atoms with Crippen molar-refractivity contribution >= 4 is 39.8 Å². The van der Waals surface area contributed by atoms with Crippen molar-refractivity contribution in [1.82, 2.24) is 0 Å². The average molecular weight is 326 g/mol. The van der Waals surface area contributed by atoms with Gasteiger partial charge in [-0.15, -0.1) is 11.3 Å². The van der Waals surface area contributed by atoms with Crippen LogP contribution in [0.3, 0.4) is 0 Å². The third-order valence-electron chi connectivity index (χ3n) is 3.40. The van der Waals surface area contributed by atoms with Crippen molar-refractivity contribution in [3.8, 4) is 0 Å².